The molecule has 9 nitrogen and oxygen atoms in total. The SMILES string of the molecule is CCCCNC(=O)COC(=O)c1ccc(Oc2ccc(C(=O)OCC(=O)NCCCC)cc2)cc1. The van der Waals surface area contributed by atoms with Crippen LogP contribution in [0.3, 0.4) is 0 Å². The molecule has 0 bridgehead atoms. The molecule has 2 aromatic carbocycles. The summed E-state index contributed by atoms with van der Waals surface area (Å²) in [5, 5.41) is 5.35. The number of unbranched alkanes of at least 4 members (excludes halogenated alkanes) is 2. The van der Waals surface area contributed by atoms with Crippen LogP contribution in [0.1, 0.15) is 60.2 Å². The lowest BCUT2D eigenvalue weighted by molar-refractivity contribution is -0.124. The second kappa shape index (κ2) is 15.1. The molecule has 9 heteroatoms. The fraction of sp³-hybridized carbons (Fsp3) is 0.385. The Morgan fingerprint density at radius 3 is 1.34 bits per heavy atom. The fourth-order valence-corrected chi connectivity index (χ4v) is 2.79. The van der Waals surface area contributed by atoms with E-state index in [2.05, 4.69) is 10.6 Å². The number of rotatable bonds is 14. The molecule has 0 saturated carbocycles. The van der Waals surface area contributed by atoms with Gasteiger partial charge in [0.1, 0.15) is 11.5 Å². The maximum absolute atomic E-state index is 12.1. The van der Waals surface area contributed by atoms with Gasteiger partial charge in [-0.25, -0.2) is 9.59 Å². The lowest BCUT2D eigenvalue weighted by Crippen LogP contribution is -2.29. The highest BCUT2D eigenvalue weighted by Crippen LogP contribution is 2.22. The molecule has 0 aliphatic carbocycles. The van der Waals surface area contributed by atoms with Crippen molar-refractivity contribution in [3.05, 3.63) is 59.7 Å². The maximum Gasteiger partial charge on any atom is 0.338 e. The van der Waals surface area contributed by atoms with Crippen LogP contribution in [-0.2, 0) is 19.1 Å². The van der Waals surface area contributed by atoms with Gasteiger partial charge in [0.2, 0.25) is 0 Å². The van der Waals surface area contributed by atoms with E-state index in [9.17, 15) is 19.2 Å². The van der Waals surface area contributed by atoms with Crippen LogP contribution in [0.25, 0.3) is 0 Å². The summed E-state index contributed by atoms with van der Waals surface area (Å²) in [4.78, 5) is 47.5. The summed E-state index contributed by atoms with van der Waals surface area (Å²) in [5.74, 6) is -0.951. The highest BCUT2D eigenvalue weighted by atomic mass is 16.5. The first-order valence-corrected chi connectivity index (χ1v) is 11.7. The van der Waals surface area contributed by atoms with Gasteiger partial charge in [0.05, 0.1) is 11.1 Å². The van der Waals surface area contributed by atoms with Crippen LogP contribution >= 0.6 is 0 Å². The van der Waals surface area contributed by atoms with Gasteiger partial charge >= 0.3 is 11.9 Å². The first kappa shape index (κ1) is 27.4. The molecule has 0 unspecified atom stereocenters. The van der Waals surface area contributed by atoms with Crippen molar-refractivity contribution < 1.29 is 33.4 Å². The molecule has 0 saturated heterocycles. The smallest absolute Gasteiger partial charge is 0.338 e. The van der Waals surface area contributed by atoms with Gasteiger partial charge in [-0.15, -0.1) is 0 Å². The Hall–Kier alpha value is -3.88. The largest absolute Gasteiger partial charge is 0.457 e. The van der Waals surface area contributed by atoms with Gasteiger partial charge < -0.3 is 24.8 Å². The third-order valence-corrected chi connectivity index (χ3v) is 4.79. The summed E-state index contributed by atoms with van der Waals surface area (Å²) in [6.45, 7) is 4.47. The Kier molecular flexibility index (Phi) is 11.8. The highest BCUT2D eigenvalue weighted by molar-refractivity contribution is 5.92. The van der Waals surface area contributed by atoms with Gasteiger partial charge in [-0.2, -0.15) is 0 Å². The van der Waals surface area contributed by atoms with E-state index in [0.29, 0.717) is 24.6 Å². The average molecular weight is 485 g/mol. The van der Waals surface area contributed by atoms with Crippen molar-refractivity contribution in [2.24, 2.45) is 0 Å². The van der Waals surface area contributed by atoms with Crippen molar-refractivity contribution in [2.75, 3.05) is 26.3 Å². The predicted molar refractivity (Wildman–Crippen MR) is 129 cm³/mol. The van der Waals surface area contributed by atoms with Crippen molar-refractivity contribution in [1.82, 2.24) is 10.6 Å². The number of amides is 2. The molecule has 0 aliphatic rings. The minimum absolute atomic E-state index is 0.288. The Morgan fingerprint density at radius 1 is 0.629 bits per heavy atom. The Morgan fingerprint density at radius 2 is 1.00 bits per heavy atom. The normalized spacial score (nSPS) is 10.2. The fourth-order valence-electron chi connectivity index (χ4n) is 2.79. The molecule has 2 amide bonds. The van der Waals surface area contributed by atoms with Crippen LogP contribution in [0.5, 0.6) is 11.5 Å². The summed E-state index contributed by atoms with van der Waals surface area (Å²) in [7, 11) is 0. The molecule has 35 heavy (non-hydrogen) atoms. The molecule has 188 valence electrons. The Bertz CT molecular complexity index is 893. The van der Waals surface area contributed by atoms with Gasteiger partial charge in [-0.05, 0) is 61.4 Å². The molecule has 0 aliphatic heterocycles. The van der Waals surface area contributed by atoms with E-state index in [1.165, 1.54) is 24.3 Å². The van der Waals surface area contributed by atoms with Crippen LogP contribution in [0.15, 0.2) is 48.5 Å². The van der Waals surface area contributed by atoms with Gasteiger partial charge in [-0.1, -0.05) is 26.7 Å². The summed E-state index contributed by atoms with van der Waals surface area (Å²) >= 11 is 0. The van der Waals surface area contributed by atoms with Crippen LogP contribution in [0, 0.1) is 0 Å². The van der Waals surface area contributed by atoms with E-state index >= 15 is 0 Å². The minimum atomic E-state index is -0.607. The van der Waals surface area contributed by atoms with Gasteiger partial charge in [0.15, 0.2) is 13.2 Å². The molecule has 0 spiro atoms. The maximum atomic E-state index is 12.1. The predicted octanol–water partition coefficient (Wildman–Crippen LogP) is 3.63. The first-order chi connectivity index (χ1) is 16.9. The lowest BCUT2D eigenvalue weighted by Gasteiger charge is -2.09. The Balaban J connectivity index is 1.79. The van der Waals surface area contributed by atoms with Crippen molar-refractivity contribution in [1.29, 1.82) is 0 Å². The number of ether oxygens (including phenoxy) is 3. The van der Waals surface area contributed by atoms with Crippen molar-refractivity contribution >= 4 is 23.8 Å². The van der Waals surface area contributed by atoms with E-state index in [-0.39, 0.29) is 36.2 Å². The number of hydrogen-bond acceptors (Lipinski definition) is 7. The second-order valence-electron chi connectivity index (χ2n) is 7.71. The molecule has 0 fully saturated rings. The number of carbonyl (C=O) groups excluding carboxylic acids is 4. The molecule has 2 rings (SSSR count). The number of esters is 2. The van der Waals surface area contributed by atoms with Gasteiger partial charge in [0.25, 0.3) is 11.8 Å². The topological polar surface area (TPSA) is 120 Å². The standard InChI is InChI=1S/C26H32N2O7/c1-3-5-15-27-23(29)17-33-25(31)19-7-11-21(12-8-19)35-22-13-9-20(10-14-22)26(32)34-18-24(30)28-16-6-4-2/h7-14H,3-6,15-18H2,1-2H3,(H,27,29)(H,28,30). The molecule has 0 heterocycles. The van der Waals surface area contributed by atoms with Crippen molar-refractivity contribution in [3.8, 4) is 11.5 Å². The van der Waals surface area contributed by atoms with E-state index in [1.807, 2.05) is 13.8 Å². The summed E-state index contributed by atoms with van der Waals surface area (Å²) in [6.07, 6.45) is 3.66. The lowest BCUT2D eigenvalue weighted by atomic mass is 10.2. The first-order valence-electron chi connectivity index (χ1n) is 11.7. The summed E-state index contributed by atoms with van der Waals surface area (Å²) < 4.78 is 15.7. The third kappa shape index (κ3) is 10.3. The van der Waals surface area contributed by atoms with E-state index in [1.54, 1.807) is 24.3 Å². The number of hydrogen-bond donors (Lipinski definition) is 2. The monoisotopic (exact) mass is 484 g/mol. The molecule has 2 aromatic rings. The second-order valence-corrected chi connectivity index (χ2v) is 7.71. The third-order valence-electron chi connectivity index (χ3n) is 4.79. The zero-order valence-corrected chi connectivity index (χ0v) is 20.1. The average Bonchev–Trinajstić information content (AvgIpc) is 2.87. The van der Waals surface area contributed by atoms with Crippen LogP contribution in [-0.4, -0.2) is 50.1 Å². The van der Waals surface area contributed by atoms with Gasteiger partial charge in [-0.3, -0.25) is 9.59 Å². The Labute approximate surface area is 205 Å². The molecule has 0 atom stereocenters. The van der Waals surface area contributed by atoms with Crippen LogP contribution in [0.2, 0.25) is 0 Å². The summed E-state index contributed by atoms with van der Waals surface area (Å²) in [6, 6.07) is 12.5. The zero-order chi connectivity index (χ0) is 25.5. The molecular weight excluding hydrogens is 452 g/mol. The molecule has 2 N–H and O–H groups in total. The molecule has 0 aromatic heterocycles. The number of benzene rings is 2. The van der Waals surface area contributed by atoms with Crippen molar-refractivity contribution in [3.63, 3.8) is 0 Å². The molecular formula is C26H32N2O7. The quantitative estimate of drug-likeness (QED) is 0.310. The van der Waals surface area contributed by atoms with Crippen LogP contribution < -0.4 is 15.4 Å². The zero-order valence-electron chi connectivity index (χ0n) is 20.1. The molecule has 0 radical (unpaired) electrons. The number of carbonyl (C=O) groups is 4. The van der Waals surface area contributed by atoms with Gasteiger partial charge in [0, 0.05) is 13.1 Å². The van der Waals surface area contributed by atoms with E-state index < -0.39 is 11.9 Å². The van der Waals surface area contributed by atoms with Crippen LogP contribution in [0.4, 0.5) is 0 Å². The minimum Gasteiger partial charge on any atom is -0.457 e. The van der Waals surface area contributed by atoms with Crippen molar-refractivity contribution in [2.45, 2.75) is 39.5 Å². The number of nitrogens with one attached hydrogen (secondary N) is 2. The van der Waals surface area contributed by atoms with E-state index in [0.717, 1.165) is 25.7 Å². The van der Waals surface area contributed by atoms with E-state index in [4.69, 9.17) is 14.2 Å². The highest BCUT2D eigenvalue weighted by Gasteiger charge is 2.12. The summed E-state index contributed by atoms with van der Waals surface area (Å²) in [5.41, 5.74) is 0.575.